The number of aromatic nitrogens is 1. The average Bonchev–Trinajstić information content (AvgIpc) is 3.56. The summed E-state index contributed by atoms with van der Waals surface area (Å²) in [6, 6.07) is 15.2. The van der Waals surface area contributed by atoms with Gasteiger partial charge in [0.25, 0.3) is 10.0 Å². The van der Waals surface area contributed by atoms with Crippen LogP contribution in [-0.4, -0.2) is 36.2 Å². The standard InChI is InChI=1S/C26H21FN4O4S/c27-22-7-8-24-20(11-22)12-25(35-24)36(33,34)31-9-1-2-23(31)26(32)30-15-18-10-21(16-29-14-18)19-5-3-17(13-28)4-6-19/h3-8,10-12,14,16,23H,1-2,9,15H2,(H,30,32)/t23-/m0/s1. The Balaban J connectivity index is 1.30. The molecule has 1 atom stereocenters. The monoisotopic (exact) mass is 504 g/mol. The van der Waals surface area contributed by atoms with E-state index in [0.29, 0.717) is 23.8 Å². The molecule has 0 saturated carbocycles. The second-order valence-electron chi connectivity index (χ2n) is 8.51. The smallest absolute Gasteiger partial charge is 0.277 e. The van der Waals surface area contributed by atoms with Crippen molar-refractivity contribution in [2.24, 2.45) is 0 Å². The molecule has 1 aliphatic heterocycles. The number of furan rings is 1. The highest BCUT2D eigenvalue weighted by Gasteiger charge is 2.41. The SMILES string of the molecule is N#Cc1ccc(-c2cncc(CNC(=O)[C@@H]3CCCN3S(=O)(=O)c3cc4cc(F)ccc4o3)c2)cc1. The Kier molecular flexibility index (Phi) is 6.26. The number of carbonyl (C=O) groups excluding carboxylic acids is 1. The highest BCUT2D eigenvalue weighted by molar-refractivity contribution is 7.89. The number of nitrogens with zero attached hydrogens (tertiary/aromatic N) is 3. The molecule has 2 aromatic carbocycles. The van der Waals surface area contributed by atoms with Crippen LogP contribution in [0.3, 0.4) is 0 Å². The summed E-state index contributed by atoms with van der Waals surface area (Å²) in [5.41, 5.74) is 3.27. The predicted molar refractivity (Wildman–Crippen MR) is 129 cm³/mol. The molecule has 182 valence electrons. The molecule has 3 heterocycles. The molecule has 1 saturated heterocycles. The van der Waals surface area contributed by atoms with Crippen LogP contribution in [0.25, 0.3) is 22.1 Å². The number of amides is 1. The molecule has 1 aliphatic rings. The minimum Gasteiger partial charge on any atom is -0.443 e. The molecule has 8 nitrogen and oxygen atoms in total. The number of carbonyl (C=O) groups is 1. The summed E-state index contributed by atoms with van der Waals surface area (Å²) in [6.07, 6.45) is 4.23. The third kappa shape index (κ3) is 4.58. The van der Waals surface area contributed by atoms with Crippen LogP contribution in [0.5, 0.6) is 0 Å². The van der Waals surface area contributed by atoms with Crippen molar-refractivity contribution < 1.29 is 22.0 Å². The van der Waals surface area contributed by atoms with Gasteiger partial charge in [0.2, 0.25) is 11.0 Å². The predicted octanol–water partition coefficient (Wildman–Crippen LogP) is 3.98. The lowest BCUT2D eigenvalue weighted by atomic mass is 10.0. The molecule has 1 N–H and O–H groups in total. The molecular weight excluding hydrogens is 483 g/mol. The van der Waals surface area contributed by atoms with Crippen molar-refractivity contribution in [3.8, 4) is 17.2 Å². The summed E-state index contributed by atoms with van der Waals surface area (Å²) in [6.45, 7) is 0.353. The van der Waals surface area contributed by atoms with E-state index in [1.807, 2.05) is 18.2 Å². The third-order valence-electron chi connectivity index (χ3n) is 6.13. The van der Waals surface area contributed by atoms with Gasteiger partial charge in [-0.2, -0.15) is 9.57 Å². The summed E-state index contributed by atoms with van der Waals surface area (Å²) in [7, 11) is -4.09. The van der Waals surface area contributed by atoms with Gasteiger partial charge in [0.15, 0.2) is 0 Å². The van der Waals surface area contributed by atoms with Gasteiger partial charge in [0, 0.05) is 42.5 Å². The van der Waals surface area contributed by atoms with Gasteiger partial charge in [-0.25, -0.2) is 12.8 Å². The van der Waals surface area contributed by atoms with Gasteiger partial charge in [-0.15, -0.1) is 0 Å². The Bertz CT molecular complexity index is 1590. The molecule has 0 spiro atoms. The van der Waals surface area contributed by atoms with Crippen LogP contribution in [0.2, 0.25) is 0 Å². The average molecular weight is 505 g/mol. The Morgan fingerprint density at radius 2 is 1.94 bits per heavy atom. The van der Waals surface area contributed by atoms with E-state index in [-0.39, 0.29) is 23.8 Å². The van der Waals surface area contributed by atoms with Crippen LogP contribution in [0.4, 0.5) is 4.39 Å². The van der Waals surface area contributed by atoms with Gasteiger partial charge < -0.3 is 9.73 Å². The molecule has 10 heteroatoms. The van der Waals surface area contributed by atoms with Crippen LogP contribution >= 0.6 is 0 Å². The number of hydrogen-bond acceptors (Lipinski definition) is 6. The van der Waals surface area contributed by atoms with E-state index in [0.717, 1.165) is 21.0 Å². The minimum atomic E-state index is -4.09. The van der Waals surface area contributed by atoms with Crippen molar-refractivity contribution in [2.45, 2.75) is 30.5 Å². The molecule has 0 unspecified atom stereocenters. The summed E-state index contributed by atoms with van der Waals surface area (Å²) in [4.78, 5) is 17.2. The topological polar surface area (TPSA) is 116 Å². The molecule has 5 rings (SSSR count). The Labute approximate surface area is 207 Å². The van der Waals surface area contributed by atoms with Gasteiger partial charge in [-0.1, -0.05) is 12.1 Å². The third-order valence-corrected chi connectivity index (χ3v) is 7.90. The quantitative estimate of drug-likeness (QED) is 0.425. The second-order valence-corrected chi connectivity index (χ2v) is 10.3. The molecule has 1 fully saturated rings. The lowest BCUT2D eigenvalue weighted by Gasteiger charge is -2.22. The number of halogens is 1. The van der Waals surface area contributed by atoms with Crippen molar-refractivity contribution in [2.75, 3.05) is 6.54 Å². The highest BCUT2D eigenvalue weighted by atomic mass is 32.2. The summed E-state index contributed by atoms with van der Waals surface area (Å²) in [5, 5.41) is 11.8. The fraction of sp³-hybridized carbons (Fsp3) is 0.192. The number of sulfonamides is 1. The lowest BCUT2D eigenvalue weighted by molar-refractivity contribution is -0.124. The van der Waals surface area contributed by atoms with E-state index in [1.54, 1.807) is 24.5 Å². The van der Waals surface area contributed by atoms with E-state index in [1.165, 1.54) is 24.3 Å². The largest absolute Gasteiger partial charge is 0.443 e. The van der Waals surface area contributed by atoms with Gasteiger partial charge in [0.1, 0.15) is 17.4 Å². The highest BCUT2D eigenvalue weighted by Crippen LogP contribution is 2.30. The normalized spacial score (nSPS) is 16.2. The zero-order valence-corrected chi connectivity index (χ0v) is 19.8. The molecule has 0 radical (unpaired) electrons. The molecule has 4 aromatic rings. The fourth-order valence-electron chi connectivity index (χ4n) is 4.31. The summed E-state index contributed by atoms with van der Waals surface area (Å²) in [5.74, 6) is -0.912. The molecule has 0 aliphatic carbocycles. The number of benzene rings is 2. The van der Waals surface area contributed by atoms with Gasteiger partial charge in [-0.05, 0) is 60.4 Å². The maximum Gasteiger partial charge on any atom is 0.277 e. The minimum absolute atomic E-state index is 0.171. The Morgan fingerprint density at radius 3 is 2.72 bits per heavy atom. The summed E-state index contributed by atoms with van der Waals surface area (Å²) >= 11 is 0. The maximum absolute atomic E-state index is 13.5. The van der Waals surface area contributed by atoms with Crippen LogP contribution in [0, 0.1) is 17.1 Å². The zero-order valence-electron chi connectivity index (χ0n) is 19.0. The van der Waals surface area contributed by atoms with E-state index >= 15 is 0 Å². The molecule has 36 heavy (non-hydrogen) atoms. The lowest BCUT2D eigenvalue weighted by Crippen LogP contribution is -2.45. The van der Waals surface area contributed by atoms with E-state index in [2.05, 4.69) is 16.4 Å². The van der Waals surface area contributed by atoms with Crippen LogP contribution in [0.1, 0.15) is 24.0 Å². The number of hydrogen-bond donors (Lipinski definition) is 1. The van der Waals surface area contributed by atoms with E-state index in [9.17, 15) is 17.6 Å². The maximum atomic E-state index is 13.5. The van der Waals surface area contributed by atoms with Crippen molar-refractivity contribution in [3.63, 3.8) is 0 Å². The zero-order chi connectivity index (χ0) is 25.3. The number of nitrogens with one attached hydrogen (secondary N) is 1. The second kappa shape index (κ2) is 9.53. The van der Waals surface area contributed by atoms with Crippen molar-refractivity contribution in [1.82, 2.24) is 14.6 Å². The van der Waals surface area contributed by atoms with Crippen molar-refractivity contribution in [1.29, 1.82) is 5.26 Å². The molecule has 0 bridgehead atoms. The van der Waals surface area contributed by atoms with Crippen LogP contribution < -0.4 is 5.32 Å². The van der Waals surface area contributed by atoms with E-state index < -0.39 is 27.8 Å². The number of nitriles is 1. The van der Waals surface area contributed by atoms with Crippen LogP contribution in [0.15, 0.2) is 76.5 Å². The fourth-order valence-corrected chi connectivity index (χ4v) is 5.92. The first kappa shape index (κ1) is 23.7. The number of rotatable bonds is 6. The number of pyridine rings is 1. The molecule has 1 amide bonds. The van der Waals surface area contributed by atoms with Gasteiger partial charge in [0.05, 0.1) is 11.6 Å². The number of fused-ring (bicyclic) bond motifs is 1. The van der Waals surface area contributed by atoms with Gasteiger partial charge >= 0.3 is 0 Å². The molecule has 2 aromatic heterocycles. The Hall–Kier alpha value is -4.07. The first-order valence-corrected chi connectivity index (χ1v) is 12.7. The van der Waals surface area contributed by atoms with E-state index in [4.69, 9.17) is 9.68 Å². The first-order chi connectivity index (χ1) is 17.3. The molecular formula is C26H21FN4O4S. The first-order valence-electron chi connectivity index (χ1n) is 11.3. The van der Waals surface area contributed by atoms with Gasteiger partial charge in [-0.3, -0.25) is 9.78 Å². The van der Waals surface area contributed by atoms with Crippen LogP contribution in [-0.2, 0) is 21.4 Å². The Morgan fingerprint density at radius 1 is 1.14 bits per heavy atom. The van der Waals surface area contributed by atoms with Crippen molar-refractivity contribution >= 4 is 26.9 Å². The summed E-state index contributed by atoms with van der Waals surface area (Å²) < 4.78 is 46.6. The van der Waals surface area contributed by atoms with Crippen molar-refractivity contribution in [3.05, 3.63) is 83.9 Å².